The molecule has 0 aromatic carbocycles. The van der Waals surface area contributed by atoms with Gasteiger partial charge in [-0.2, -0.15) is 0 Å². The predicted octanol–water partition coefficient (Wildman–Crippen LogP) is 2.93. The summed E-state index contributed by atoms with van der Waals surface area (Å²) in [6.07, 6.45) is 15.5. The van der Waals surface area contributed by atoms with Gasteiger partial charge in [0.15, 0.2) is 0 Å². The minimum Gasteiger partial charge on any atom is -0.352 e. The number of hydrogen-bond acceptors (Lipinski definition) is 3. The number of aliphatic imine (C=N–C) groups is 1. The van der Waals surface area contributed by atoms with Gasteiger partial charge in [0.1, 0.15) is 0 Å². The van der Waals surface area contributed by atoms with Crippen molar-refractivity contribution in [2.45, 2.75) is 76.3 Å². The van der Waals surface area contributed by atoms with Crippen LogP contribution in [0.3, 0.4) is 0 Å². The number of carbonyl (C=O) groups is 1. The minimum atomic E-state index is -0.177. The number of carbonyl (C=O) groups excluding carboxylic acids is 1. The summed E-state index contributed by atoms with van der Waals surface area (Å²) in [7, 11) is 0. The van der Waals surface area contributed by atoms with Gasteiger partial charge in [-0.3, -0.25) is 20.6 Å². The van der Waals surface area contributed by atoms with Crippen molar-refractivity contribution in [3.05, 3.63) is 30.1 Å². The van der Waals surface area contributed by atoms with Crippen LogP contribution < -0.4 is 16.2 Å². The Morgan fingerprint density at radius 2 is 1.56 bits per heavy atom. The van der Waals surface area contributed by atoms with Gasteiger partial charge in [0, 0.05) is 24.0 Å². The average Bonchev–Trinajstić information content (AvgIpc) is 2.68. The average molecular weight is 343 g/mol. The van der Waals surface area contributed by atoms with Crippen LogP contribution in [0.4, 0.5) is 0 Å². The lowest BCUT2D eigenvalue weighted by Crippen LogP contribution is -2.51. The quantitative estimate of drug-likeness (QED) is 0.448. The maximum Gasteiger partial charge on any atom is 0.269 e. The molecule has 0 radical (unpaired) electrons. The van der Waals surface area contributed by atoms with Gasteiger partial charge < -0.3 is 5.32 Å². The van der Waals surface area contributed by atoms with Crippen LogP contribution in [0.2, 0.25) is 0 Å². The van der Waals surface area contributed by atoms with Gasteiger partial charge in [0.05, 0.1) is 6.04 Å². The molecule has 1 amide bonds. The fourth-order valence-electron chi connectivity index (χ4n) is 3.63. The minimum absolute atomic E-state index is 0.177. The first kappa shape index (κ1) is 17.7. The molecule has 0 unspecified atom stereocenters. The van der Waals surface area contributed by atoms with Gasteiger partial charge in [-0.25, -0.2) is 4.99 Å². The van der Waals surface area contributed by atoms with Gasteiger partial charge >= 0.3 is 0 Å². The van der Waals surface area contributed by atoms with E-state index in [1.165, 1.54) is 51.4 Å². The van der Waals surface area contributed by atoms with Crippen molar-refractivity contribution in [1.29, 1.82) is 0 Å². The molecule has 0 atom stereocenters. The highest BCUT2D eigenvalue weighted by Crippen LogP contribution is 2.21. The van der Waals surface area contributed by atoms with Crippen molar-refractivity contribution in [3.8, 4) is 0 Å². The number of amides is 1. The summed E-state index contributed by atoms with van der Waals surface area (Å²) in [4.78, 5) is 21.1. The lowest BCUT2D eigenvalue weighted by Gasteiger charge is -2.26. The molecule has 1 aromatic rings. The van der Waals surface area contributed by atoms with Crippen molar-refractivity contribution in [3.63, 3.8) is 0 Å². The SMILES string of the molecule is O=C(NNC(=NC1CCCCC1)NC1CCCCC1)c1ccncc1. The zero-order chi connectivity index (χ0) is 17.3. The summed E-state index contributed by atoms with van der Waals surface area (Å²) >= 11 is 0. The zero-order valence-electron chi connectivity index (χ0n) is 14.8. The summed E-state index contributed by atoms with van der Waals surface area (Å²) in [6.45, 7) is 0. The molecule has 25 heavy (non-hydrogen) atoms. The predicted molar refractivity (Wildman–Crippen MR) is 99.2 cm³/mol. The van der Waals surface area contributed by atoms with Crippen LogP contribution in [-0.2, 0) is 0 Å². The third-order valence-electron chi connectivity index (χ3n) is 5.07. The molecule has 6 nitrogen and oxygen atoms in total. The monoisotopic (exact) mass is 343 g/mol. The van der Waals surface area contributed by atoms with E-state index in [-0.39, 0.29) is 5.91 Å². The number of hydrogen-bond donors (Lipinski definition) is 3. The summed E-state index contributed by atoms with van der Waals surface area (Å²) in [5.74, 6) is 0.533. The van der Waals surface area contributed by atoms with Crippen LogP contribution >= 0.6 is 0 Å². The Balaban J connectivity index is 1.60. The van der Waals surface area contributed by atoms with Crippen molar-refractivity contribution < 1.29 is 4.79 Å². The molecule has 0 aliphatic heterocycles. The third-order valence-corrected chi connectivity index (χ3v) is 5.07. The van der Waals surface area contributed by atoms with Crippen molar-refractivity contribution in [2.24, 2.45) is 4.99 Å². The zero-order valence-corrected chi connectivity index (χ0v) is 14.8. The molecule has 2 aliphatic carbocycles. The van der Waals surface area contributed by atoms with Gasteiger partial charge in [0.25, 0.3) is 5.91 Å². The maximum absolute atomic E-state index is 12.2. The van der Waals surface area contributed by atoms with E-state index >= 15 is 0 Å². The van der Waals surface area contributed by atoms with E-state index in [0.717, 1.165) is 12.8 Å². The Labute approximate surface area is 149 Å². The molecule has 1 heterocycles. The molecule has 0 spiro atoms. The Kier molecular flexibility index (Phi) is 6.65. The summed E-state index contributed by atoms with van der Waals surface area (Å²) in [6, 6.07) is 4.19. The number of rotatable bonds is 3. The summed E-state index contributed by atoms with van der Waals surface area (Å²) < 4.78 is 0. The smallest absolute Gasteiger partial charge is 0.269 e. The van der Waals surface area contributed by atoms with Gasteiger partial charge in [-0.05, 0) is 37.8 Å². The molecule has 2 fully saturated rings. The molecule has 136 valence electrons. The second kappa shape index (κ2) is 9.39. The van der Waals surface area contributed by atoms with Crippen molar-refractivity contribution in [2.75, 3.05) is 0 Å². The number of pyridine rings is 1. The molecule has 3 N–H and O–H groups in total. The number of guanidine groups is 1. The molecule has 1 aromatic heterocycles. The van der Waals surface area contributed by atoms with E-state index in [9.17, 15) is 4.79 Å². The normalized spacial score (nSPS) is 20.1. The van der Waals surface area contributed by atoms with E-state index < -0.39 is 0 Å². The molecule has 3 rings (SSSR count). The Morgan fingerprint density at radius 1 is 0.920 bits per heavy atom. The fourth-order valence-corrected chi connectivity index (χ4v) is 3.63. The van der Waals surface area contributed by atoms with Crippen LogP contribution in [-0.4, -0.2) is 28.9 Å². The number of nitrogens with zero attached hydrogens (tertiary/aromatic N) is 2. The van der Waals surface area contributed by atoms with Gasteiger partial charge in [-0.1, -0.05) is 38.5 Å². The summed E-state index contributed by atoms with van der Waals surface area (Å²) in [5, 5.41) is 3.52. The molecular weight excluding hydrogens is 314 g/mol. The first-order chi connectivity index (χ1) is 12.3. The van der Waals surface area contributed by atoms with Crippen LogP contribution in [0.25, 0.3) is 0 Å². The number of nitrogens with one attached hydrogen (secondary N) is 3. The van der Waals surface area contributed by atoms with E-state index in [2.05, 4.69) is 21.2 Å². The summed E-state index contributed by atoms with van der Waals surface area (Å²) in [5.41, 5.74) is 6.38. The van der Waals surface area contributed by atoms with E-state index in [0.29, 0.717) is 23.6 Å². The topological polar surface area (TPSA) is 78.4 Å². The Hall–Kier alpha value is -2.11. The highest BCUT2D eigenvalue weighted by molar-refractivity contribution is 5.95. The van der Waals surface area contributed by atoms with Gasteiger partial charge in [0.2, 0.25) is 5.96 Å². The molecule has 6 heteroatoms. The van der Waals surface area contributed by atoms with Crippen LogP contribution in [0.5, 0.6) is 0 Å². The second-order valence-corrected chi connectivity index (χ2v) is 7.06. The van der Waals surface area contributed by atoms with Gasteiger partial charge in [-0.15, -0.1) is 0 Å². The Bertz CT molecular complexity index is 562. The van der Waals surface area contributed by atoms with E-state index in [1.807, 2.05) is 0 Å². The Morgan fingerprint density at radius 3 is 2.24 bits per heavy atom. The molecule has 0 saturated heterocycles. The van der Waals surface area contributed by atoms with Crippen LogP contribution in [0.15, 0.2) is 29.5 Å². The maximum atomic E-state index is 12.2. The molecule has 2 saturated carbocycles. The van der Waals surface area contributed by atoms with Crippen molar-refractivity contribution in [1.82, 2.24) is 21.2 Å². The first-order valence-corrected chi connectivity index (χ1v) is 9.62. The van der Waals surface area contributed by atoms with Crippen molar-refractivity contribution >= 4 is 11.9 Å². The fraction of sp³-hybridized carbons (Fsp3) is 0.632. The second-order valence-electron chi connectivity index (χ2n) is 7.06. The van der Waals surface area contributed by atoms with E-state index in [4.69, 9.17) is 4.99 Å². The first-order valence-electron chi connectivity index (χ1n) is 9.62. The largest absolute Gasteiger partial charge is 0.352 e. The highest BCUT2D eigenvalue weighted by Gasteiger charge is 2.18. The lowest BCUT2D eigenvalue weighted by atomic mass is 9.95. The third kappa shape index (κ3) is 5.73. The highest BCUT2D eigenvalue weighted by atomic mass is 16.2. The number of aromatic nitrogens is 1. The van der Waals surface area contributed by atoms with Crippen LogP contribution in [0, 0.1) is 0 Å². The molecular formula is C19H29N5O. The van der Waals surface area contributed by atoms with Crippen LogP contribution in [0.1, 0.15) is 74.6 Å². The van der Waals surface area contributed by atoms with E-state index in [1.54, 1.807) is 24.5 Å². The standard InChI is InChI=1S/C19H29N5O/c25-18(15-11-13-20-14-12-15)23-24-19(21-16-7-3-1-4-8-16)22-17-9-5-2-6-10-17/h11-14,16-17H,1-10H2,(H,23,25)(H2,21,22,24). The number of hydrazine groups is 1. The molecule has 2 aliphatic rings. The lowest BCUT2D eigenvalue weighted by molar-refractivity contribution is 0.0942. The molecule has 0 bridgehead atoms.